The SMILES string of the molecule is [C-]#[N+]c1ncc2c(n1)C(C1(c3ccc(Cl)cc3)CCC1)NCC2. The van der Waals surface area contributed by atoms with Gasteiger partial charge in [-0.3, -0.25) is 0 Å². The number of aromatic nitrogens is 2. The number of fused-ring (bicyclic) bond motifs is 1. The third-order valence-corrected chi connectivity index (χ3v) is 5.47. The van der Waals surface area contributed by atoms with Crippen molar-refractivity contribution in [1.82, 2.24) is 15.3 Å². The van der Waals surface area contributed by atoms with Gasteiger partial charge < -0.3 is 10.2 Å². The Hall–Kier alpha value is -1.96. The molecule has 1 N–H and O–H groups in total. The van der Waals surface area contributed by atoms with E-state index in [0.717, 1.165) is 36.5 Å². The van der Waals surface area contributed by atoms with Gasteiger partial charge in [0, 0.05) is 22.5 Å². The number of rotatable bonds is 2. The molecule has 4 nitrogen and oxygen atoms in total. The van der Waals surface area contributed by atoms with Gasteiger partial charge in [-0.1, -0.05) is 30.2 Å². The topological polar surface area (TPSA) is 42.2 Å². The molecule has 1 aromatic carbocycles. The maximum absolute atomic E-state index is 7.19. The first-order valence-corrected chi connectivity index (χ1v) is 8.33. The van der Waals surface area contributed by atoms with E-state index in [0.29, 0.717) is 0 Å². The normalized spacial score (nSPS) is 21.8. The van der Waals surface area contributed by atoms with Gasteiger partial charge in [0.25, 0.3) is 0 Å². The summed E-state index contributed by atoms with van der Waals surface area (Å²) in [5.41, 5.74) is 3.53. The predicted octanol–water partition coefficient (Wildman–Crippen LogP) is 3.99. The lowest BCUT2D eigenvalue weighted by molar-refractivity contribution is 0.161. The number of halogens is 1. The summed E-state index contributed by atoms with van der Waals surface area (Å²) < 4.78 is 0. The highest BCUT2D eigenvalue weighted by molar-refractivity contribution is 6.30. The maximum Gasteiger partial charge on any atom is 0.371 e. The van der Waals surface area contributed by atoms with Gasteiger partial charge in [-0.25, -0.2) is 0 Å². The van der Waals surface area contributed by atoms with E-state index in [2.05, 4.69) is 32.3 Å². The molecule has 1 aliphatic carbocycles. The lowest BCUT2D eigenvalue weighted by atomic mass is 9.58. The Balaban J connectivity index is 1.81. The third kappa shape index (κ3) is 2.32. The van der Waals surface area contributed by atoms with Crippen LogP contribution in [0, 0.1) is 6.57 Å². The standard InChI is InChI=1S/C18H17ClN4/c1-20-17-22-11-12-7-10-21-16(15(12)23-17)18(8-2-9-18)13-3-5-14(19)6-4-13/h3-6,11,16,21H,2,7-10H2. The first kappa shape index (κ1) is 14.6. The molecule has 23 heavy (non-hydrogen) atoms. The molecule has 0 bridgehead atoms. The van der Waals surface area contributed by atoms with Crippen molar-refractivity contribution in [2.24, 2.45) is 0 Å². The number of nitrogens with zero attached hydrogens (tertiary/aromatic N) is 3. The van der Waals surface area contributed by atoms with Crippen LogP contribution in [-0.4, -0.2) is 16.5 Å². The van der Waals surface area contributed by atoms with Gasteiger partial charge in [-0.2, -0.15) is 9.97 Å². The molecule has 0 radical (unpaired) electrons. The average molecular weight is 325 g/mol. The highest BCUT2D eigenvalue weighted by atomic mass is 35.5. The second-order valence-corrected chi connectivity index (χ2v) is 6.78. The molecule has 116 valence electrons. The highest BCUT2D eigenvalue weighted by Gasteiger charge is 2.49. The van der Waals surface area contributed by atoms with Gasteiger partial charge in [-0.15, -0.1) is 6.57 Å². The van der Waals surface area contributed by atoms with Crippen molar-refractivity contribution in [3.8, 4) is 0 Å². The molecule has 2 heterocycles. The van der Waals surface area contributed by atoms with Gasteiger partial charge in [0.15, 0.2) is 0 Å². The average Bonchev–Trinajstić information content (AvgIpc) is 2.55. The second-order valence-electron chi connectivity index (χ2n) is 6.35. The summed E-state index contributed by atoms with van der Waals surface area (Å²) in [5, 5.41) is 4.42. The van der Waals surface area contributed by atoms with Crippen LogP contribution in [0.15, 0.2) is 30.5 Å². The summed E-state index contributed by atoms with van der Waals surface area (Å²) in [4.78, 5) is 12.1. The molecule has 5 heteroatoms. The molecule has 1 fully saturated rings. The summed E-state index contributed by atoms with van der Waals surface area (Å²) in [6.07, 6.45) is 6.22. The Kier molecular flexibility index (Phi) is 3.56. The van der Waals surface area contributed by atoms with Crippen molar-refractivity contribution in [1.29, 1.82) is 0 Å². The Bertz CT molecular complexity index is 775. The number of hydrogen-bond donors (Lipinski definition) is 1. The van der Waals surface area contributed by atoms with E-state index in [9.17, 15) is 0 Å². The van der Waals surface area contributed by atoms with E-state index >= 15 is 0 Å². The van der Waals surface area contributed by atoms with Crippen molar-refractivity contribution < 1.29 is 0 Å². The molecular weight excluding hydrogens is 308 g/mol. The summed E-state index contributed by atoms with van der Waals surface area (Å²) in [6, 6.07) is 8.34. The summed E-state index contributed by atoms with van der Waals surface area (Å²) >= 11 is 6.06. The van der Waals surface area contributed by atoms with E-state index in [1.165, 1.54) is 17.5 Å². The molecular formula is C18H17ClN4. The van der Waals surface area contributed by atoms with E-state index in [4.69, 9.17) is 18.2 Å². The number of hydrogen-bond acceptors (Lipinski definition) is 3. The van der Waals surface area contributed by atoms with Crippen LogP contribution in [0.25, 0.3) is 4.85 Å². The van der Waals surface area contributed by atoms with Crippen LogP contribution in [0.2, 0.25) is 5.02 Å². The van der Waals surface area contributed by atoms with Crippen LogP contribution >= 0.6 is 11.6 Å². The predicted molar refractivity (Wildman–Crippen MR) is 89.7 cm³/mol. The molecule has 2 aromatic rings. The lowest BCUT2D eigenvalue weighted by Crippen LogP contribution is -2.49. The van der Waals surface area contributed by atoms with Crippen molar-refractivity contribution in [2.45, 2.75) is 37.1 Å². The molecule has 0 amide bonds. The van der Waals surface area contributed by atoms with Crippen LogP contribution < -0.4 is 5.32 Å². The molecule has 1 unspecified atom stereocenters. The van der Waals surface area contributed by atoms with Gasteiger partial charge in [0.1, 0.15) is 5.69 Å². The first-order valence-electron chi connectivity index (χ1n) is 7.96. The van der Waals surface area contributed by atoms with Crippen LogP contribution in [0.3, 0.4) is 0 Å². The van der Waals surface area contributed by atoms with Gasteiger partial charge >= 0.3 is 5.95 Å². The lowest BCUT2D eigenvalue weighted by Gasteiger charge is -2.49. The minimum Gasteiger partial charge on any atom is -0.394 e. The molecule has 1 saturated carbocycles. The fourth-order valence-electron chi connectivity index (χ4n) is 3.90. The van der Waals surface area contributed by atoms with Crippen LogP contribution in [-0.2, 0) is 11.8 Å². The Labute approximate surface area is 140 Å². The molecule has 1 aliphatic heterocycles. The molecule has 0 saturated heterocycles. The number of benzene rings is 1. The summed E-state index contributed by atoms with van der Waals surface area (Å²) in [5.74, 6) is 0.239. The van der Waals surface area contributed by atoms with Crippen LogP contribution in [0.4, 0.5) is 5.95 Å². The van der Waals surface area contributed by atoms with Crippen LogP contribution in [0.5, 0.6) is 0 Å². The smallest absolute Gasteiger partial charge is 0.371 e. The monoisotopic (exact) mass is 324 g/mol. The van der Waals surface area contributed by atoms with Crippen molar-refractivity contribution in [3.63, 3.8) is 0 Å². The van der Waals surface area contributed by atoms with Gasteiger partial charge in [0.05, 0.1) is 12.2 Å². The van der Waals surface area contributed by atoms with Gasteiger partial charge in [0.2, 0.25) is 0 Å². The molecule has 1 atom stereocenters. The number of nitrogens with one attached hydrogen (secondary N) is 1. The van der Waals surface area contributed by atoms with Gasteiger partial charge in [-0.05, 0) is 37.0 Å². The van der Waals surface area contributed by atoms with E-state index in [1.54, 1.807) is 0 Å². The minimum absolute atomic E-state index is 0.0490. The van der Waals surface area contributed by atoms with E-state index in [-0.39, 0.29) is 17.4 Å². The molecule has 0 spiro atoms. The van der Waals surface area contributed by atoms with E-state index < -0.39 is 0 Å². The van der Waals surface area contributed by atoms with Crippen molar-refractivity contribution in [3.05, 3.63) is 63.7 Å². The van der Waals surface area contributed by atoms with E-state index in [1.807, 2.05) is 18.3 Å². The van der Waals surface area contributed by atoms with Crippen molar-refractivity contribution in [2.75, 3.05) is 6.54 Å². The second kappa shape index (κ2) is 5.59. The van der Waals surface area contributed by atoms with Crippen molar-refractivity contribution >= 4 is 17.5 Å². The van der Waals surface area contributed by atoms with Crippen LogP contribution in [0.1, 0.15) is 42.1 Å². The molecule has 4 rings (SSSR count). The molecule has 1 aromatic heterocycles. The molecule has 2 aliphatic rings. The fraction of sp³-hybridized carbons (Fsp3) is 0.389. The third-order valence-electron chi connectivity index (χ3n) is 5.22. The Morgan fingerprint density at radius 2 is 2.04 bits per heavy atom. The Morgan fingerprint density at radius 3 is 2.70 bits per heavy atom. The first-order chi connectivity index (χ1) is 11.2. The zero-order chi connectivity index (χ0) is 15.9. The maximum atomic E-state index is 7.19. The zero-order valence-corrected chi connectivity index (χ0v) is 13.5. The zero-order valence-electron chi connectivity index (χ0n) is 12.7. The highest BCUT2D eigenvalue weighted by Crippen LogP contribution is 2.53. The fourth-order valence-corrected chi connectivity index (χ4v) is 4.02. The minimum atomic E-state index is 0.0490. The Morgan fingerprint density at radius 1 is 1.26 bits per heavy atom. The largest absolute Gasteiger partial charge is 0.394 e. The summed E-state index contributed by atoms with van der Waals surface area (Å²) in [6.45, 7) is 8.12. The summed E-state index contributed by atoms with van der Waals surface area (Å²) in [7, 11) is 0. The quantitative estimate of drug-likeness (QED) is 0.849.